The lowest BCUT2D eigenvalue weighted by atomic mass is 10.0. The lowest BCUT2D eigenvalue weighted by Gasteiger charge is -2.08. The van der Waals surface area contributed by atoms with Crippen molar-refractivity contribution in [2.45, 2.75) is 71.6 Å². The lowest BCUT2D eigenvalue weighted by molar-refractivity contribution is 0.316. The van der Waals surface area contributed by atoms with Crippen LogP contribution in [0.25, 0.3) is 0 Å². The van der Waals surface area contributed by atoms with Crippen molar-refractivity contribution in [2.24, 2.45) is 10.3 Å². The highest BCUT2D eigenvalue weighted by atomic mass is 16.5. The molecule has 0 radical (unpaired) electrons. The summed E-state index contributed by atoms with van der Waals surface area (Å²) in [6.45, 7) is 5.55. The Balaban J connectivity index is 1.66. The molecule has 0 saturated heterocycles. The van der Waals surface area contributed by atoms with Gasteiger partial charge in [-0.3, -0.25) is 0 Å². The Labute approximate surface area is 197 Å². The van der Waals surface area contributed by atoms with E-state index in [9.17, 15) is 10.4 Å². The van der Waals surface area contributed by atoms with Gasteiger partial charge >= 0.3 is 0 Å². The number of unbranched alkanes of at least 4 members (excludes halogenated alkanes) is 4. The van der Waals surface area contributed by atoms with E-state index in [4.69, 9.17) is 9.47 Å². The van der Waals surface area contributed by atoms with Crippen molar-refractivity contribution in [1.29, 1.82) is 0 Å². The Hall–Kier alpha value is -3.02. The van der Waals surface area contributed by atoms with Gasteiger partial charge in [0.2, 0.25) is 0 Å². The Morgan fingerprint density at radius 2 is 0.970 bits per heavy atom. The SMILES string of the molecule is CCCOc1ccc(/C(CCCCCCC/C(=N\O)c2ccc(OCCC)cc2)=N/O)cc1. The van der Waals surface area contributed by atoms with Crippen molar-refractivity contribution >= 4 is 11.4 Å². The third kappa shape index (κ3) is 9.56. The molecule has 2 aromatic carbocycles. The van der Waals surface area contributed by atoms with E-state index in [-0.39, 0.29) is 0 Å². The van der Waals surface area contributed by atoms with E-state index >= 15 is 0 Å². The first-order valence-corrected chi connectivity index (χ1v) is 12.1. The molecule has 0 aliphatic heterocycles. The molecule has 0 spiro atoms. The standard InChI is InChI=1S/C27H38N2O4/c1-3-20-32-24-16-12-22(13-17-24)26(28-30)10-8-6-5-7-9-11-27(29-31)23-14-18-25(19-15-23)33-21-4-2/h12-19,30-31H,3-11,20-21H2,1-2H3/b28-26+,29-27+. The van der Waals surface area contributed by atoms with Gasteiger partial charge in [-0.1, -0.05) is 43.4 Å². The third-order valence-electron chi connectivity index (χ3n) is 5.39. The third-order valence-corrected chi connectivity index (χ3v) is 5.39. The average molecular weight is 455 g/mol. The van der Waals surface area contributed by atoms with Crippen molar-refractivity contribution in [2.75, 3.05) is 13.2 Å². The maximum atomic E-state index is 9.40. The second kappa shape index (κ2) is 15.7. The number of rotatable bonds is 16. The van der Waals surface area contributed by atoms with Gasteiger partial charge in [0.1, 0.15) is 11.5 Å². The molecule has 0 aliphatic rings. The van der Waals surface area contributed by atoms with Gasteiger partial charge < -0.3 is 19.9 Å². The quantitative estimate of drug-likeness (QED) is 0.123. The van der Waals surface area contributed by atoms with Gasteiger partial charge in [-0.15, -0.1) is 0 Å². The zero-order chi connectivity index (χ0) is 23.7. The van der Waals surface area contributed by atoms with Crippen LogP contribution < -0.4 is 9.47 Å². The maximum Gasteiger partial charge on any atom is 0.119 e. The highest BCUT2D eigenvalue weighted by Crippen LogP contribution is 2.18. The zero-order valence-electron chi connectivity index (χ0n) is 20.0. The number of oxime groups is 2. The molecule has 0 bridgehead atoms. The number of hydrogen-bond donors (Lipinski definition) is 2. The van der Waals surface area contributed by atoms with Crippen molar-refractivity contribution in [1.82, 2.24) is 0 Å². The topological polar surface area (TPSA) is 83.6 Å². The maximum absolute atomic E-state index is 9.40. The van der Waals surface area contributed by atoms with E-state index in [1.54, 1.807) is 0 Å². The van der Waals surface area contributed by atoms with Crippen LogP contribution in [-0.4, -0.2) is 35.1 Å². The molecule has 0 fully saturated rings. The second-order valence-corrected chi connectivity index (χ2v) is 8.11. The molecule has 0 atom stereocenters. The summed E-state index contributed by atoms with van der Waals surface area (Å²) in [7, 11) is 0. The van der Waals surface area contributed by atoms with Crippen molar-refractivity contribution in [3.8, 4) is 11.5 Å². The molecule has 0 heterocycles. The Kier molecular flexibility index (Phi) is 12.5. The number of ether oxygens (including phenoxy) is 2. The minimum atomic E-state index is 0.701. The van der Waals surface area contributed by atoms with Crippen LogP contribution >= 0.6 is 0 Å². The predicted molar refractivity (Wildman–Crippen MR) is 133 cm³/mol. The van der Waals surface area contributed by atoms with Crippen LogP contribution in [0, 0.1) is 0 Å². The molecular weight excluding hydrogens is 416 g/mol. The summed E-state index contributed by atoms with van der Waals surface area (Å²) in [4.78, 5) is 0. The van der Waals surface area contributed by atoms with Gasteiger partial charge in [0.25, 0.3) is 0 Å². The van der Waals surface area contributed by atoms with Crippen LogP contribution in [0.2, 0.25) is 0 Å². The molecule has 0 unspecified atom stereocenters. The van der Waals surface area contributed by atoms with E-state index in [2.05, 4.69) is 24.2 Å². The Bertz CT molecular complexity index is 774. The lowest BCUT2D eigenvalue weighted by Crippen LogP contribution is -2.03. The van der Waals surface area contributed by atoms with Crippen molar-refractivity contribution in [3.63, 3.8) is 0 Å². The molecule has 2 N–H and O–H groups in total. The van der Waals surface area contributed by atoms with Gasteiger partial charge in [-0.25, -0.2) is 0 Å². The molecule has 180 valence electrons. The summed E-state index contributed by atoms with van der Waals surface area (Å²) < 4.78 is 11.2. The molecule has 2 aromatic rings. The molecular formula is C27H38N2O4. The first kappa shape index (κ1) is 26.2. The van der Waals surface area contributed by atoms with Gasteiger partial charge in [0, 0.05) is 0 Å². The first-order chi connectivity index (χ1) is 16.2. The fourth-order valence-corrected chi connectivity index (χ4v) is 3.55. The van der Waals surface area contributed by atoms with Gasteiger partial charge in [-0.05, 0) is 98.2 Å². The second-order valence-electron chi connectivity index (χ2n) is 8.11. The summed E-state index contributed by atoms with van der Waals surface area (Å²) in [6, 6.07) is 15.4. The Morgan fingerprint density at radius 3 is 1.30 bits per heavy atom. The van der Waals surface area contributed by atoms with E-state index < -0.39 is 0 Å². The summed E-state index contributed by atoms with van der Waals surface area (Å²) >= 11 is 0. The number of hydrogen-bond acceptors (Lipinski definition) is 6. The summed E-state index contributed by atoms with van der Waals surface area (Å²) in [6.07, 6.45) is 8.56. The molecule has 2 rings (SSSR count). The first-order valence-electron chi connectivity index (χ1n) is 12.1. The van der Waals surface area contributed by atoms with Crippen LogP contribution in [0.1, 0.15) is 82.8 Å². The average Bonchev–Trinajstić information content (AvgIpc) is 2.86. The van der Waals surface area contributed by atoms with Crippen LogP contribution in [-0.2, 0) is 0 Å². The largest absolute Gasteiger partial charge is 0.494 e. The number of nitrogens with zero attached hydrogens (tertiary/aromatic N) is 2. The number of benzene rings is 2. The summed E-state index contributed by atoms with van der Waals surface area (Å²) in [5, 5.41) is 25.8. The highest BCUT2D eigenvalue weighted by Gasteiger charge is 2.07. The summed E-state index contributed by atoms with van der Waals surface area (Å²) in [5.74, 6) is 1.67. The molecule has 6 heteroatoms. The summed E-state index contributed by atoms with van der Waals surface area (Å²) in [5.41, 5.74) is 3.27. The van der Waals surface area contributed by atoms with E-state index in [1.807, 2.05) is 48.5 Å². The van der Waals surface area contributed by atoms with Gasteiger partial charge in [0.15, 0.2) is 0 Å². The van der Waals surface area contributed by atoms with Crippen molar-refractivity contribution < 1.29 is 19.9 Å². The van der Waals surface area contributed by atoms with Crippen LogP contribution in [0.5, 0.6) is 11.5 Å². The predicted octanol–water partition coefficient (Wildman–Crippen LogP) is 7.05. The van der Waals surface area contributed by atoms with E-state index in [0.29, 0.717) is 24.6 Å². The van der Waals surface area contributed by atoms with E-state index in [1.165, 1.54) is 0 Å². The zero-order valence-corrected chi connectivity index (χ0v) is 20.0. The van der Waals surface area contributed by atoms with Crippen LogP contribution in [0.15, 0.2) is 58.8 Å². The highest BCUT2D eigenvalue weighted by molar-refractivity contribution is 6.00. The van der Waals surface area contributed by atoms with E-state index in [0.717, 1.165) is 80.4 Å². The molecule has 6 nitrogen and oxygen atoms in total. The van der Waals surface area contributed by atoms with Crippen LogP contribution in [0.4, 0.5) is 0 Å². The van der Waals surface area contributed by atoms with Crippen molar-refractivity contribution in [3.05, 3.63) is 59.7 Å². The normalized spacial score (nSPS) is 12.1. The monoisotopic (exact) mass is 454 g/mol. The molecule has 33 heavy (non-hydrogen) atoms. The molecule has 0 amide bonds. The fourth-order valence-electron chi connectivity index (χ4n) is 3.55. The smallest absolute Gasteiger partial charge is 0.119 e. The van der Waals surface area contributed by atoms with Crippen LogP contribution in [0.3, 0.4) is 0 Å². The molecule has 0 saturated carbocycles. The van der Waals surface area contributed by atoms with Gasteiger partial charge in [0.05, 0.1) is 24.6 Å². The Morgan fingerprint density at radius 1 is 0.606 bits per heavy atom. The molecule has 0 aliphatic carbocycles. The van der Waals surface area contributed by atoms with Gasteiger partial charge in [-0.2, -0.15) is 0 Å². The molecule has 0 aromatic heterocycles. The minimum Gasteiger partial charge on any atom is -0.494 e. The fraction of sp³-hybridized carbons (Fsp3) is 0.481. The minimum absolute atomic E-state index is 0.701.